The Morgan fingerprint density at radius 1 is 1.13 bits per heavy atom. The predicted molar refractivity (Wildman–Crippen MR) is 155 cm³/mol. The first-order valence-corrected chi connectivity index (χ1v) is 13.6. The molecule has 0 unspecified atom stereocenters. The van der Waals surface area contributed by atoms with E-state index in [1.165, 1.54) is 6.42 Å². The van der Waals surface area contributed by atoms with Gasteiger partial charge in [-0.05, 0) is 80.6 Å². The fourth-order valence-corrected chi connectivity index (χ4v) is 5.32. The molecular weight excluding hydrogens is 490 g/mol. The molecule has 5 rings (SSSR count). The topological polar surface area (TPSA) is 124 Å². The lowest BCUT2D eigenvalue weighted by Gasteiger charge is -2.28. The molecule has 3 aromatic heterocycles. The summed E-state index contributed by atoms with van der Waals surface area (Å²) in [7, 11) is 2.03. The van der Waals surface area contributed by atoms with Crippen LogP contribution in [-0.2, 0) is 19.5 Å². The first-order valence-electron chi connectivity index (χ1n) is 13.6. The van der Waals surface area contributed by atoms with Crippen LogP contribution in [0.1, 0.15) is 70.2 Å². The van der Waals surface area contributed by atoms with Crippen LogP contribution in [-0.4, -0.2) is 44.1 Å². The molecule has 4 aromatic rings. The van der Waals surface area contributed by atoms with Crippen LogP contribution in [0.5, 0.6) is 0 Å². The third kappa shape index (κ3) is 6.28. The van der Waals surface area contributed by atoms with Crippen molar-refractivity contribution in [2.75, 3.05) is 12.4 Å². The van der Waals surface area contributed by atoms with Gasteiger partial charge in [0.15, 0.2) is 0 Å². The minimum atomic E-state index is -0.111. The summed E-state index contributed by atoms with van der Waals surface area (Å²) in [5, 5.41) is 17.9. The molecule has 10 heteroatoms. The summed E-state index contributed by atoms with van der Waals surface area (Å²) < 4.78 is 2.29. The van der Waals surface area contributed by atoms with Crippen LogP contribution in [0.4, 0.5) is 5.69 Å². The largest absolute Gasteiger partial charge is 0.375 e. The average Bonchev–Trinajstić information content (AvgIpc) is 3.43. The van der Waals surface area contributed by atoms with Crippen LogP contribution >= 0.6 is 0 Å². The number of aromatic nitrogens is 6. The first kappa shape index (κ1) is 26.4. The number of nitrogens with zero attached hydrogens (tertiary/aromatic N) is 5. The van der Waals surface area contributed by atoms with E-state index < -0.39 is 0 Å². The number of rotatable bonds is 10. The van der Waals surface area contributed by atoms with Crippen molar-refractivity contribution in [2.45, 2.75) is 64.2 Å². The second-order valence-corrected chi connectivity index (χ2v) is 9.88. The molecule has 208 valence electrons. The highest BCUT2D eigenvalue weighted by Gasteiger charge is 2.32. The van der Waals surface area contributed by atoms with Crippen molar-refractivity contribution < 1.29 is 13.6 Å². The van der Waals surface area contributed by atoms with Crippen molar-refractivity contribution in [3.8, 4) is 11.5 Å². The van der Waals surface area contributed by atoms with Gasteiger partial charge in [-0.25, -0.2) is 14.5 Å². The zero-order valence-corrected chi connectivity index (χ0v) is 22.5. The number of hydrogen-bond acceptors (Lipinski definition) is 7. The lowest BCUT2D eigenvalue weighted by Crippen LogP contribution is -2.49. The van der Waals surface area contributed by atoms with Crippen molar-refractivity contribution in [2.24, 2.45) is 0 Å². The molecular formula is C29H42N9O+. The van der Waals surface area contributed by atoms with Crippen LogP contribution in [0.15, 0.2) is 61.3 Å². The van der Waals surface area contributed by atoms with E-state index in [1.54, 1.807) is 18.7 Å². The predicted octanol–water partition coefficient (Wildman–Crippen LogP) is 4.09. The Morgan fingerprint density at radius 2 is 2.03 bits per heavy atom. The standard InChI is InChI=1S/C29H35N9O.3H2/c1-3-20-16-31-12-10-22(20)17-34-29(39)21-6-4-8-24(14-21)33-18-27-36-37-28(26-11-13-32-19-35-26)38(27)25-9-5-7-23(15-25)30-2;;;/h4,6,8,10-14,16,19,23,25,30,33H,3,5,7,9,15,17-18H2,1-2H3,(H,34,39);3*1H/p+1/t23-,25-;;;/m0.../s1. The summed E-state index contributed by atoms with van der Waals surface area (Å²) in [4.78, 5) is 25.6. The lowest BCUT2D eigenvalue weighted by atomic mass is 9.90. The maximum absolute atomic E-state index is 12.9. The highest BCUT2D eigenvalue weighted by Crippen LogP contribution is 2.27. The number of carbonyl (C=O) groups is 1. The minimum absolute atomic E-state index is 0. The second-order valence-electron chi connectivity index (χ2n) is 9.88. The van der Waals surface area contributed by atoms with Crippen molar-refractivity contribution >= 4 is 11.6 Å². The van der Waals surface area contributed by atoms with E-state index in [0.717, 1.165) is 59.8 Å². The fraction of sp³-hybridized carbons (Fsp3) is 0.379. The van der Waals surface area contributed by atoms with Crippen molar-refractivity contribution in [3.63, 3.8) is 0 Å². The molecule has 1 amide bonds. The van der Waals surface area contributed by atoms with Gasteiger partial charge in [-0.1, -0.05) is 13.0 Å². The van der Waals surface area contributed by atoms with Crippen LogP contribution in [0.2, 0.25) is 0 Å². The molecule has 0 radical (unpaired) electrons. The number of aromatic amines is 1. The number of pyridine rings is 1. The normalized spacial score (nSPS) is 17.1. The van der Waals surface area contributed by atoms with Crippen LogP contribution in [0.25, 0.3) is 11.5 Å². The highest BCUT2D eigenvalue weighted by molar-refractivity contribution is 5.95. The van der Waals surface area contributed by atoms with E-state index >= 15 is 0 Å². The van der Waals surface area contributed by atoms with Gasteiger partial charge in [0.2, 0.25) is 0 Å². The van der Waals surface area contributed by atoms with Gasteiger partial charge >= 0.3 is 5.82 Å². The number of hydrogen-bond donors (Lipinski definition) is 4. The number of aryl methyl sites for hydroxylation is 1. The van der Waals surface area contributed by atoms with Crippen LogP contribution < -0.4 is 20.5 Å². The number of anilines is 1. The van der Waals surface area contributed by atoms with Gasteiger partial charge in [0, 0.05) is 51.8 Å². The molecule has 1 saturated carbocycles. The van der Waals surface area contributed by atoms with E-state index in [2.05, 4.69) is 52.6 Å². The molecule has 0 bridgehead atoms. The molecule has 1 fully saturated rings. The average molecular weight is 533 g/mol. The second kappa shape index (κ2) is 12.6. The first-order chi connectivity index (χ1) is 19.2. The quantitative estimate of drug-likeness (QED) is 0.227. The Labute approximate surface area is 233 Å². The van der Waals surface area contributed by atoms with E-state index in [1.807, 2.05) is 49.6 Å². The third-order valence-electron chi connectivity index (χ3n) is 7.45. The van der Waals surface area contributed by atoms with Crippen LogP contribution in [0.3, 0.4) is 0 Å². The van der Waals surface area contributed by atoms with Crippen LogP contribution in [0, 0.1) is 0 Å². The zero-order valence-electron chi connectivity index (χ0n) is 22.5. The zero-order chi connectivity index (χ0) is 27.0. The van der Waals surface area contributed by atoms with Crippen molar-refractivity contribution in [1.29, 1.82) is 0 Å². The van der Waals surface area contributed by atoms with Gasteiger partial charge in [0.1, 0.15) is 18.6 Å². The monoisotopic (exact) mass is 532 g/mol. The summed E-state index contributed by atoms with van der Waals surface area (Å²) in [5.74, 6) is 1.66. The summed E-state index contributed by atoms with van der Waals surface area (Å²) in [6.07, 6.45) is 12.2. The van der Waals surface area contributed by atoms with Gasteiger partial charge in [0.25, 0.3) is 11.7 Å². The van der Waals surface area contributed by atoms with Gasteiger partial charge in [-0.3, -0.25) is 9.78 Å². The maximum atomic E-state index is 12.9. The maximum Gasteiger partial charge on any atom is 0.327 e. The van der Waals surface area contributed by atoms with E-state index in [4.69, 9.17) is 0 Å². The molecule has 0 spiro atoms. The lowest BCUT2D eigenvalue weighted by molar-refractivity contribution is -0.722. The summed E-state index contributed by atoms with van der Waals surface area (Å²) in [6.45, 7) is 3.09. The van der Waals surface area contributed by atoms with Gasteiger partial charge < -0.3 is 16.0 Å². The fourth-order valence-electron chi connectivity index (χ4n) is 5.32. The van der Waals surface area contributed by atoms with Crippen molar-refractivity contribution in [1.82, 2.24) is 35.8 Å². The molecule has 1 aliphatic carbocycles. The molecule has 3 heterocycles. The molecule has 1 aromatic carbocycles. The van der Waals surface area contributed by atoms with E-state index in [9.17, 15) is 4.79 Å². The van der Waals surface area contributed by atoms with Gasteiger partial charge in [0.05, 0.1) is 6.04 Å². The number of nitrogens with one attached hydrogen (secondary N) is 4. The Kier molecular flexibility index (Phi) is 8.52. The smallest absolute Gasteiger partial charge is 0.327 e. The number of carbonyl (C=O) groups excluding carboxylic acids is 1. The summed E-state index contributed by atoms with van der Waals surface area (Å²) >= 11 is 0. The van der Waals surface area contributed by atoms with E-state index in [0.29, 0.717) is 30.7 Å². The Hall–Kier alpha value is -4.18. The molecule has 0 aliphatic heterocycles. The molecule has 2 atom stereocenters. The Balaban J connectivity index is 0.00000205. The highest BCUT2D eigenvalue weighted by atomic mass is 16.1. The number of amides is 1. The van der Waals surface area contributed by atoms with Gasteiger partial charge in [-0.15, -0.1) is 5.10 Å². The Morgan fingerprint density at radius 3 is 2.85 bits per heavy atom. The molecule has 1 aliphatic rings. The molecule has 0 saturated heterocycles. The van der Waals surface area contributed by atoms with Gasteiger partial charge in [-0.2, -0.15) is 0 Å². The molecule has 4 N–H and O–H groups in total. The minimum Gasteiger partial charge on any atom is -0.375 e. The van der Waals surface area contributed by atoms with Crippen molar-refractivity contribution in [3.05, 3.63) is 83.8 Å². The molecule has 39 heavy (non-hydrogen) atoms. The summed E-state index contributed by atoms with van der Waals surface area (Å²) in [6, 6.07) is 12.2. The summed E-state index contributed by atoms with van der Waals surface area (Å²) in [5.41, 5.74) is 4.49. The number of H-pyrrole nitrogens is 1. The number of benzene rings is 1. The van der Waals surface area contributed by atoms with E-state index in [-0.39, 0.29) is 10.2 Å². The molecule has 10 nitrogen and oxygen atoms in total. The SMILES string of the molecule is CCc1cnccc1CNC(=O)c1cccc(NCc2[nH]nc(-c3ccncn3)[n+]2[C@H]2CCC[C@H](NC)C2)c1.[HH].[HH].[HH]. The third-order valence-corrected chi connectivity index (χ3v) is 7.45. The Bertz CT molecular complexity index is 1400.